The van der Waals surface area contributed by atoms with E-state index in [1.807, 2.05) is 0 Å². The van der Waals surface area contributed by atoms with Gasteiger partial charge in [-0.2, -0.15) is 0 Å². The highest BCUT2D eigenvalue weighted by Crippen LogP contribution is 2.18. The van der Waals surface area contributed by atoms with Crippen LogP contribution < -0.4 is 0 Å². The third-order valence-corrected chi connectivity index (χ3v) is 3.44. The molecule has 0 bridgehead atoms. The smallest absolute Gasteiger partial charge is 0.334 e. The van der Waals surface area contributed by atoms with Gasteiger partial charge in [0.1, 0.15) is 12.4 Å². The lowest BCUT2D eigenvalue weighted by Gasteiger charge is -2.10. The van der Waals surface area contributed by atoms with Gasteiger partial charge in [-0.25, -0.2) is 22.8 Å². The molecule has 4 nitrogen and oxygen atoms in total. The average molecular weight is 364 g/mol. The second kappa shape index (κ2) is 8.84. The van der Waals surface area contributed by atoms with Gasteiger partial charge in [0.15, 0.2) is 11.6 Å². The predicted octanol–water partition coefficient (Wildman–Crippen LogP) is 3.49. The van der Waals surface area contributed by atoms with Crippen LogP contribution in [0.1, 0.15) is 11.1 Å². The quantitative estimate of drug-likeness (QED) is 0.447. The molecule has 0 radical (unpaired) electrons. The van der Waals surface area contributed by atoms with E-state index in [1.165, 1.54) is 0 Å². The predicted molar refractivity (Wildman–Crippen MR) is 86.4 cm³/mol. The molecular weight excluding hydrogens is 349 g/mol. The van der Waals surface area contributed by atoms with Gasteiger partial charge >= 0.3 is 11.9 Å². The second-order valence-corrected chi connectivity index (χ2v) is 5.29. The molecule has 0 aliphatic rings. The Labute approximate surface area is 147 Å². The number of ether oxygens (including phenoxy) is 2. The minimum Gasteiger partial charge on any atom is -0.466 e. The molecule has 0 saturated heterocycles. The van der Waals surface area contributed by atoms with Crippen LogP contribution in [0.4, 0.5) is 13.2 Å². The lowest BCUT2D eigenvalue weighted by Crippen LogP contribution is -2.13. The van der Waals surface area contributed by atoms with Crippen molar-refractivity contribution in [2.24, 2.45) is 0 Å². The van der Waals surface area contributed by atoms with Gasteiger partial charge in [0.25, 0.3) is 0 Å². The highest BCUT2D eigenvalue weighted by atomic mass is 19.2. The Kier molecular flexibility index (Phi) is 6.54. The van der Waals surface area contributed by atoms with Crippen molar-refractivity contribution in [3.05, 3.63) is 82.7 Å². The number of benzene rings is 2. The average Bonchev–Trinajstić information content (AvgIpc) is 2.64. The molecule has 0 unspecified atom stereocenters. The zero-order chi connectivity index (χ0) is 19.1. The molecule has 0 amide bonds. The molecule has 0 atom stereocenters. The molecule has 2 aromatic rings. The summed E-state index contributed by atoms with van der Waals surface area (Å²) >= 11 is 0. The normalized spacial score (nSPS) is 11.2. The summed E-state index contributed by atoms with van der Waals surface area (Å²) in [5.74, 6) is -5.42. The Morgan fingerprint density at radius 1 is 1.00 bits per heavy atom. The third kappa shape index (κ3) is 5.20. The number of rotatable bonds is 6. The summed E-state index contributed by atoms with van der Waals surface area (Å²) in [6.07, 6.45) is 0.361. The van der Waals surface area contributed by atoms with E-state index in [-0.39, 0.29) is 17.7 Å². The lowest BCUT2D eigenvalue weighted by atomic mass is 10.0. The summed E-state index contributed by atoms with van der Waals surface area (Å²) in [6, 6.07) is 9.75. The summed E-state index contributed by atoms with van der Waals surface area (Å²) in [6.45, 7) is -0.0710. The van der Waals surface area contributed by atoms with Crippen molar-refractivity contribution in [1.29, 1.82) is 0 Å². The zero-order valence-corrected chi connectivity index (χ0v) is 13.8. The summed E-state index contributed by atoms with van der Waals surface area (Å²) in [5, 5.41) is 0. The first-order valence-corrected chi connectivity index (χ1v) is 7.53. The second-order valence-electron chi connectivity index (χ2n) is 5.29. The standard InChI is InChI=1S/C19H15F3O4/c1-25-18(23)9-14(7-13-8-16(21)17(22)10-15(13)20)19(24)26-11-12-5-3-2-4-6-12/h2-6,8-10H,7,11H2,1H3. The topological polar surface area (TPSA) is 52.6 Å². The Morgan fingerprint density at radius 3 is 2.31 bits per heavy atom. The van der Waals surface area contributed by atoms with Crippen molar-refractivity contribution < 1.29 is 32.2 Å². The molecule has 0 aliphatic carbocycles. The summed E-state index contributed by atoms with van der Waals surface area (Å²) in [5.41, 5.74) is 0.158. The fraction of sp³-hybridized carbons (Fsp3) is 0.158. The molecule has 7 heteroatoms. The van der Waals surface area contributed by atoms with Crippen molar-refractivity contribution in [3.63, 3.8) is 0 Å². The molecular formula is C19H15F3O4. The van der Waals surface area contributed by atoms with Gasteiger partial charge in [-0.05, 0) is 17.2 Å². The van der Waals surface area contributed by atoms with Crippen molar-refractivity contribution >= 4 is 11.9 Å². The maximum Gasteiger partial charge on any atom is 0.334 e. The first-order chi connectivity index (χ1) is 12.4. The van der Waals surface area contributed by atoms with Gasteiger partial charge in [0, 0.05) is 24.1 Å². The molecule has 2 rings (SSSR count). The lowest BCUT2D eigenvalue weighted by molar-refractivity contribution is -0.141. The first kappa shape index (κ1) is 19.2. The van der Waals surface area contributed by atoms with Crippen LogP contribution >= 0.6 is 0 Å². The maximum absolute atomic E-state index is 13.8. The third-order valence-electron chi connectivity index (χ3n) is 3.44. The minimum absolute atomic E-state index is 0.0710. The molecule has 26 heavy (non-hydrogen) atoms. The number of hydrogen-bond acceptors (Lipinski definition) is 4. The number of carbonyl (C=O) groups excluding carboxylic acids is 2. The summed E-state index contributed by atoms with van der Waals surface area (Å²) in [7, 11) is 1.10. The first-order valence-electron chi connectivity index (χ1n) is 7.53. The molecule has 0 N–H and O–H groups in total. The van der Waals surface area contributed by atoms with Gasteiger partial charge in [-0.3, -0.25) is 0 Å². The van der Waals surface area contributed by atoms with E-state index in [4.69, 9.17) is 4.74 Å². The van der Waals surface area contributed by atoms with Crippen LogP contribution in [0.5, 0.6) is 0 Å². The van der Waals surface area contributed by atoms with E-state index in [2.05, 4.69) is 4.74 Å². The van der Waals surface area contributed by atoms with Gasteiger partial charge in [0.2, 0.25) is 0 Å². The number of hydrogen-bond donors (Lipinski definition) is 0. The molecule has 0 aliphatic heterocycles. The Morgan fingerprint density at radius 2 is 1.65 bits per heavy atom. The van der Waals surface area contributed by atoms with E-state index in [1.54, 1.807) is 30.3 Å². The van der Waals surface area contributed by atoms with Gasteiger partial charge < -0.3 is 9.47 Å². The van der Waals surface area contributed by atoms with Crippen molar-refractivity contribution in [3.8, 4) is 0 Å². The maximum atomic E-state index is 13.8. The fourth-order valence-corrected chi connectivity index (χ4v) is 2.10. The van der Waals surface area contributed by atoms with Crippen LogP contribution in [-0.4, -0.2) is 19.0 Å². The molecule has 2 aromatic carbocycles. The van der Waals surface area contributed by atoms with E-state index in [0.717, 1.165) is 13.2 Å². The van der Waals surface area contributed by atoms with E-state index in [9.17, 15) is 22.8 Å². The Hall–Kier alpha value is -3.09. The molecule has 0 saturated carbocycles. The Balaban J connectivity index is 2.21. The number of methoxy groups -OCH3 is 1. The van der Waals surface area contributed by atoms with Crippen LogP contribution in [0, 0.1) is 17.5 Å². The molecule has 136 valence electrons. The van der Waals surface area contributed by atoms with Crippen molar-refractivity contribution in [1.82, 2.24) is 0 Å². The molecule has 0 heterocycles. The highest BCUT2D eigenvalue weighted by Gasteiger charge is 2.18. The van der Waals surface area contributed by atoms with Gasteiger partial charge in [-0.15, -0.1) is 0 Å². The summed E-state index contributed by atoms with van der Waals surface area (Å²) in [4.78, 5) is 23.7. The SMILES string of the molecule is COC(=O)C=C(Cc1cc(F)c(F)cc1F)C(=O)OCc1ccccc1. The molecule has 0 fully saturated rings. The van der Waals surface area contributed by atoms with Crippen molar-refractivity contribution in [2.75, 3.05) is 7.11 Å². The van der Waals surface area contributed by atoms with Crippen LogP contribution in [0.2, 0.25) is 0 Å². The van der Waals surface area contributed by atoms with Crippen LogP contribution in [-0.2, 0) is 32.1 Å². The van der Waals surface area contributed by atoms with Gasteiger partial charge in [0.05, 0.1) is 7.11 Å². The van der Waals surface area contributed by atoms with Crippen LogP contribution in [0.25, 0.3) is 0 Å². The van der Waals surface area contributed by atoms with Crippen LogP contribution in [0.3, 0.4) is 0 Å². The van der Waals surface area contributed by atoms with Crippen molar-refractivity contribution in [2.45, 2.75) is 13.0 Å². The zero-order valence-electron chi connectivity index (χ0n) is 13.8. The molecule has 0 spiro atoms. The number of esters is 2. The highest BCUT2D eigenvalue weighted by molar-refractivity contribution is 5.96. The van der Waals surface area contributed by atoms with Crippen LogP contribution in [0.15, 0.2) is 54.1 Å². The van der Waals surface area contributed by atoms with E-state index < -0.39 is 35.8 Å². The summed E-state index contributed by atoms with van der Waals surface area (Å²) < 4.78 is 49.7. The van der Waals surface area contributed by atoms with E-state index in [0.29, 0.717) is 17.7 Å². The number of carbonyl (C=O) groups is 2. The minimum atomic E-state index is -1.35. The molecule has 0 aromatic heterocycles. The monoisotopic (exact) mass is 364 g/mol. The Bertz CT molecular complexity index is 832. The largest absolute Gasteiger partial charge is 0.466 e. The number of halogens is 3. The van der Waals surface area contributed by atoms with Gasteiger partial charge in [-0.1, -0.05) is 30.3 Å². The van der Waals surface area contributed by atoms with E-state index >= 15 is 0 Å². The fourth-order valence-electron chi connectivity index (χ4n) is 2.10.